The number of carbonyl (C=O) groups excluding carboxylic acids is 2. The van der Waals surface area contributed by atoms with Crippen LogP contribution in [0.15, 0.2) is 22.2 Å². The molecule has 10 nitrogen and oxygen atoms in total. The summed E-state index contributed by atoms with van der Waals surface area (Å²) in [6.45, 7) is 2.57. The van der Waals surface area contributed by atoms with Gasteiger partial charge in [0.15, 0.2) is 0 Å². The highest BCUT2D eigenvalue weighted by Gasteiger charge is 2.54. The van der Waals surface area contributed by atoms with E-state index in [1.54, 1.807) is 0 Å². The summed E-state index contributed by atoms with van der Waals surface area (Å²) in [5.74, 6) is -2.37. The van der Waals surface area contributed by atoms with Crippen LogP contribution in [0.4, 0.5) is 0 Å². The third-order valence-electron chi connectivity index (χ3n) is 3.94. The molecule has 0 unspecified atom stereocenters. The molecule has 0 bridgehead atoms. The smallest absolute Gasteiger partial charge is 0.399 e. The van der Waals surface area contributed by atoms with Crippen molar-refractivity contribution in [3.63, 3.8) is 0 Å². The number of nitrogens with one attached hydrogen (secondary N) is 1. The van der Waals surface area contributed by atoms with Gasteiger partial charge in [-0.05, 0) is 18.8 Å². The fourth-order valence-electron chi connectivity index (χ4n) is 2.90. The van der Waals surface area contributed by atoms with Crippen molar-refractivity contribution in [2.45, 2.75) is 32.7 Å². The lowest BCUT2D eigenvalue weighted by molar-refractivity contribution is -0.155. The summed E-state index contributed by atoms with van der Waals surface area (Å²) in [4.78, 5) is 36.4. The lowest BCUT2D eigenvalue weighted by atomic mass is 9.85. The minimum absolute atomic E-state index is 0.0560. The molecule has 0 radical (unpaired) electrons. The van der Waals surface area contributed by atoms with Crippen molar-refractivity contribution in [2.24, 2.45) is 5.92 Å². The van der Waals surface area contributed by atoms with E-state index in [1.807, 2.05) is 0 Å². The van der Waals surface area contributed by atoms with Crippen molar-refractivity contribution in [1.82, 2.24) is 10.2 Å². The van der Waals surface area contributed by atoms with E-state index < -0.39 is 22.3 Å². The van der Waals surface area contributed by atoms with Gasteiger partial charge in [0.25, 0.3) is 0 Å². The number of thioether (sulfide) groups is 1. The van der Waals surface area contributed by atoms with Crippen LogP contribution < -0.4 is 5.32 Å². The number of amides is 2. The van der Waals surface area contributed by atoms with Gasteiger partial charge in [-0.3, -0.25) is 9.59 Å². The first-order valence-electron chi connectivity index (χ1n) is 8.10. The number of hydrogen-bond acceptors (Lipinski definition) is 8. The minimum atomic E-state index is -4.09. The van der Waals surface area contributed by atoms with Gasteiger partial charge in [0.2, 0.25) is 11.8 Å². The van der Waals surface area contributed by atoms with Crippen LogP contribution in [-0.4, -0.2) is 55.5 Å². The highest BCUT2D eigenvalue weighted by atomic mass is 32.3. The Bertz CT molecular complexity index is 790. The first kappa shape index (κ1) is 21.4. The number of fused-ring (bicyclic) bond motifs is 1. The predicted octanol–water partition coefficient (Wildman–Crippen LogP) is 0.542. The summed E-state index contributed by atoms with van der Waals surface area (Å²) in [6, 6.07) is -0.348. The molecule has 0 spiro atoms. The van der Waals surface area contributed by atoms with Crippen molar-refractivity contribution in [2.75, 3.05) is 13.2 Å². The van der Waals surface area contributed by atoms with Crippen molar-refractivity contribution < 1.29 is 36.3 Å². The molecule has 2 atom stereocenters. The molecule has 2 heterocycles. The maximum atomic E-state index is 12.3. The molecule has 150 valence electrons. The van der Waals surface area contributed by atoms with Crippen molar-refractivity contribution in [3.8, 4) is 0 Å². The molecule has 2 N–H and O–H groups in total. The largest absolute Gasteiger partial charge is 0.477 e. The molecule has 0 aromatic heterocycles. The zero-order chi connectivity index (χ0) is 20.2. The molecular formula is C15H20N2O8S2. The summed E-state index contributed by atoms with van der Waals surface area (Å²) in [6.07, 6.45) is 1.87. The van der Waals surface area contributed by atoms with E-state index in [2.05, 4.69) is 13.7 Å². The fraction of sp³-hybridized carbons (Fsp3) is 0.533. The zero-order valence-corrected chi connectivity index (χ0v) is 16.3. The van der Waals surface area contributed by atoms with Gasteiger partial charge < -0.3 is 15.3 Å². The van der Waals surface area contributed by atoms with E-state index in [-0.39, 0.29) is 43.2 Å². The van der Waals surface area contributed by atoms with E-state index in [0.717, 1.165) is 11.8 Å². The molecule has 2 aliphatic heterocycles. The summed E-state index contributed by atoms with van der Waals surface area (Å²) < 4.78 is 31.8. The molecule has 2 aliphatic rings. The highest BCUT2D eigenvalue weighted by Crippen LogP contribution is 2.47. The number of carbonyl (C=O) groups is 3. The second-order valence-electron chi connectivity index (χ2n) is 5.71. The third kappa shape index (κ3) is 5.09. The number of rotatable bonds is 10. The van der Waals surface area contributed by atoms with E-state index in [1.165, 1.54) is 30.4 Å². The number of hydrogen-bond donors (Lipinski definition) is 2. The highest BCUT2D eigenvalue weighted by molar-refractivity contribution is 8.05. The molecule has 1 saturated heterocycles. The van der Waals surface area contributed by atoms with Crippen LogP contribution >= 0.6 is 11.8 Å². The SMILES string of the molecule is CCOS(=O)(=O)OCC[C@H]1C(=O)N2C(C(=O)O)=C(S/C=C\NC(C)=O)C[C@H]12. The van der Waals surface area contributed by atoms with Crippen LogP contribution in [0.25, 0.3) is 0 Å². The first-order chi connectivity index (χ1) is 12.7. The van der Waals surface area contributed by atoms with Gasteiger partial charge in [0, 0.05) is 24.4 Å². The van der Waals surface area contributed by atoms with E-state index >= 15 is 0 Å². The van der Waals surface area contributed by atoms with Gasteiger partial charge in [-0.25, -0.2) is 13.2 Å². The van der Waals surface area contributed by atoms with E-state index in [9.17, 15) is 27.9 Å². The molecule has 0 saturated carbocycles. The third-order valence-corrected chi connectivity index (χ3v) is 5.83. The standard InChI is InChI=1S/C15H20N2O8S2/c1-3-24-27(22,23)25-6-4-10-11-8-12(26-7-5-16-9(2)18)13(15(20)21)17(11)14(10)19/h5,7,10-11H,3-4,6,8H2,1-2H3,(H,16,18)(H,20,21)/b7-5-/t10-,11-/m1/s1. The molecule has 12 heteroatoms. The second-order valence-corrected chi connectivity index (χ2v) is 8.00. The van der Waals surface area contributed by atoms with Crippen molar-refractivity contribution in [1.29, 1.82) is 0 Å². The monoisotopic (exact) mass is 420 g/mol. The number of nitrogens with zero attached hydrogens (tertiary/aromatic N) is 1. The maximum Gasteiger partial charge on any atom is 0.399 e. The minimum Gasteiger partial charge on any atom is -0.477 e. The van der Waals surface area contributed by atoms with Crippen molar-refractivity contribution >= 4 is 39.9 Å². The Kier molecular flexibility index (Phi) is 7.03. The van der Waals surface area contributed by atoms with Gasteiger partial charge in [0.1, 0.15) is 5.70 Å². The van der Waals surface area contributed by atoms with Gasteiger partial charge in [0.05, 0.1) is 25.2 Å². The summed E-state index contributed by atoms with van der Waals surface area (Å²) in [5.41, 5.74) is -0.0819. The van der Waals surface area contributed by atoms with E-state index in [0.29, 0.717) is 11.3 Å². The Morgan fingerprint density at radius 1 is 1.41 bits per heavy atom. The Morgan fingerprint density at radius 2 is 2.11 bits per heavy atom. The number of β-lactam (4-membered cyclic amide) rings is 1. The number of aliphatic carboxylic acids is 1. The summed E-state index contributed by atoms with van der Waals surface area (Å²) >= 11 is 1.11. The topological polar surface area (TPSA) is 139 Å². The zero-order valence-electron chi connectivity index (χ0n) is 14.7. The van der Waals surface area contributed by atoms with E-state index in [4.69, 9.17) is 0 Å². The average molecular weight is 420 g/mol. The first-order valence-corrected chi connectivity index (χ1v) is 10.3. The molecule has 0 aromatic rings. The molecule has 0 aromatic carbocycles. The van der Waals surface area contributed by atoms with Gasteiger partial charge in [-0.15, -0.1) is 0 Å². The van der Waals surface area contributed by atoms with Crippen LogP contribution in [-0.2, 0) is 33.1 Å². The summed E-state index contributed by atoms with van der Waals surface area (Å²) in [5, 5.41) is 13.4. The second kappa shape index (κ2) is 8.87. The summed E-state index contributed by atoms with van der Waals surface area (Å²) in [7, 11) is -4.09. The molecule has 1 fully saturated rings. The molecular weight excluding hydrogens is 400 g/mol. The Morgan fingerprint density at radius 3 is 2.70 bits per heavy atom. The van der Waals surface area contributed by atoms with Crippen molar-refractivity contribution in [3.05, 3.63) is 22.2 Å². The average Bonchev–Trinajstić information content (AvgIpc) is 2.90. The fourth-order valence-corrected chi connectivity index (χ4v) is 4.42. The Balaban J connectivity index is 1.97. The molecule has 2 rings (SSSR count). The number of carboxylic acids is 1. The molecule has 2 amide bonds. The predicted molar refractivity (Wildman–Crippen MR) is 95.1 cm³/mol. The Labute approximate surface area is 160 Å². The van der Waals surface area contributed by atoms with Crippen LogP contribution in [0, 0.1) is 5.92 Å². The van der Waals surface area contributed by atoms with Crippen LogP contribution in [0.1, 0.15) is 26.7 Å². The molecule has 0 aliphatic carbocycles. The van der Waals surface area contributed by atoms with Crippen LogP contribution in [0.3, 0.4) is 0 Å². The van der Waals surface area contributed by atoms with Gasteiger partial charge >= 0.3 is 16.4 Å². The Hall–Kier alpha value is -1.89. The van der Waals surface area contributed by atoms with Crippen LogP contribution in [0.2, 0.25) is 0 Å². The lowest BCUT2D eigenvalue weighted by Gasteiger charge is -2.43. The van der Waals surface area contributed by atoms with Gasteiger partial charge in [-0.2, -0.15) is 8.42 Å². The van der Waals surface area contributed by atoms with Gasteiger partial charge in [-0.1, -0.05) is 11.8 Å². The quantitative estimate of drug-likeness (QED) is 0.485. The number of carboxylic acid groups (broad SMARTS) is 1. The normalized spacial score (nSPS) is 22.1. The molecule has 27 heavy (non-hydrogen) atoms. The van der Waals surface area contributed by atoms with Crippen LogP contribution in [0.5, 0.6) is 0 Å². The lowest BCUT2D eigenvalue weighted by Crippen LogP contribution is -2.58. The maximum absolute atomic E-state index is 12.3.